The minimum Gasteiger partial charge on any atom is -0.318 e. The maximum atomic E-state index is 6.64. The number of benzene rings is 1. The molecule has 2 N–H and O–H groups in total. The highest BCUT2D eigenvalue weighted by Crippen LogP contribution is 2.38. The van der Waals surface area contributed by atoms with Gasteiger partial charge in [-0.2, -0.15) is 11.3 Å². The maximum absolute atomic E-state index is 6.64. The molecule has 0 saturated heterocycles. The van der Waals surface area contributed by atoms with Crippen LogP contribution in [0.3, 0.4) is 0 Å². The number of nitrogens with two attached hydrogens (primary N) is 1. The lowest BCUT2D eigenvalue weighted by Gasteiger charge is -2.35. The molecule has 0 fully saturated rings. The van der Waals surface area contributed by atoms with Crippen LogP contribution < -0.4 is 5.73 Å². The van der Waals surface area contributed by atoms with Crippen LogP contribution >= 0.6 is 11.3 Å². The molecule has 1 atom stereocenters. The van der Waals surface area contributed by atoms with E-state index in [0.29, 0.717) is 0 Å². The lowest BCUT2D eigenvalue weighted by Crippen LogP contribution is -2.40. The van der Waals surface area contributed by atoms with Gasteiger partial charge in [0, 0.05) is 0 Å². The second-order valence-corrected chi connectivity index (χ2v) is 5.27. The molecule has 1 unspecified atom stereocenters. The fourth-order valence-corrected chi connectivity index (χ4v) is 3.42. The molecule has 1 aliphatic rings. The van der Waals surface area contributed by atoms with Gasteiger partial charge in [-0.05, 0) is 52.8 Å². The van der Waals surface area contributed by atoms with E-state index in [0.717, 1.165) is 6.42 Å². The van der Waals surface area contributed by atoms with E-state index in [1.807, 2.05) is 0 Å². The number of rotatable bonds is 1. The molecule has 0 spiro atoms. The van der Waals surface area contributed by atoms with Gasteiger partial charge >= 0.3 is 0 Å². The van der Waals surface area contributed by atoms with Crippen molar-refractivity contribution in [2.45, 2.75) is 24.8 Å². The Morgan fingerprint density at radius 2 is 2.06 bits per heavy atom. The molecule has 82 valence electrons. The quantitative estimate of drug-likeness (QED) is 0.798. The third-order valence-corrected chi connectivity index (χ3v) is 4.23. The summed E-state index contributed by atoms with van der Waals surface area (Å²) in [6.07, 6.45) is 3.41. The normalized spacial score (nSPS) is 24.1. The van der Waals surface area contributed by atoms with Gasteiger partial charge in [-0.25, -0.2) is 0 Å². The van der Waals surface area contributed by atoms with Crippen LogP contribution in [0.1, 0.15) is 29.5 Å². The molecule has 0 radical (unpaired) electrons. The summed E-state index contributed by atoms with van der Waals surface area (Å²) in [6, 6.07) is 10.8. The summed E-state index contributed by atoms with van der Waals surface area (Å²) in [4.78, 5) is 0. The zero-order valence-electron chi connectivity index (χ0n) is 9.15. The second-order valence-electron chi connectivity index (χ2n) is 4.49. The Bertz CT molecular complexity index is 489. The SMILES string of the molecule is NC1(c2ccsc2)CCCc2ccccc21. The smallest absolute Gasteiger partial charge is 0.0676 e. The average Bonchev–Trinajstić information content (AvgIpc) is 2.84. The van der Waals surface area contributed by atoms with Gasteiger partial charge in [-0.3, -0.25) is 0 Å². The Balaban J connectivity index is 2.17. The van der Waals surface area contributed by atoms with Crippen LogP contribution in [0.5, 0.6) is 0 Å². The molecule has 1 aromatic carbocycles. The van der Waals surface area contributed by atoms with Gasteiger partial charge in [-0.15, -0.1) is 0 Å². The minimum absolute atomic E-state index is 0.255. The summed E-state index contributed by atoms with van der Waals surface area (Å²) in [5.74, 6) is 0. The molecule has 1 heterocycles. The average molecular weight is 229 g/mol. The first kappa shape index (κ1) is 10.1. The third-order valence-electron chi connectivity index (χ3n) is 3.55. The van der Waals surface area contributed by atoms with Crippen LogP contribution in [0.4, 0.5) is 0 Å². The lowest BCUT2D eigenvalue weighted by atomic mass is 9.74. The van der Waals surface area contributed by atoms with Gasteiger partial charge in [0.15, 0.2) is 0 Å². The molecule has 1 nitrogen and oxygen atoms in total. The van der Waals surface area contributed by atoms with Crippen molar-refractivity contribution in [1.29, 1.82) is 0 Å². The standard InChI is InChI=1S/C14H15NS/c15-14(12-7-9-16-10-12)8-3-5-11-4-1-2-6-13(11)14/h1-2,4,6-7,9-10H,3,5,8,15H2. The largest absolute Gasteiger partial charge is 0.318 e. The highest BCUT2D eigenvalue weighted by molar-refractivity contribution is 7.08. The van der Waals surface area contributed by atoms with Crippen molar-refractivity contribution in [2.75, 3.05) is 0 Å². The fourth-order valence-electron chi connectivity index (χ4n) is 2.68. The molecule has 2 heteroatoms. The lowest BCUT2D eigenvalue weighted by molar-refractivity contribution is 0.444. The van der Waals surface area contributed by atoms with Gasteiger partial charge in [0.25, 0.3) is 0 Å². The van der Waals surface area contributed by atoms with Crippen molar-refractivity contribution >= 4 is 11.3 Å². The Morgan fingerprint density at radius 3 is 2.88 bits per heavy atom. The fraction of sp³-hybridized carbons (Fsp3) is 0.286. The molecule has 1 aliphatic carbocycles. The van der Waals surface area contributed by atoms with E-state index >= 15 is 0 Å². The molecule has 1 aromatic heterocycles. The first-order valence-electron chi connectivity index (χ1n) is 5.71. The van der Waals surface area contributed by atoms with E-state index in [2.05, 4.69) is 41.1 Å². The van der Waals surface area contributed by atoms with E-state index in [9.17, 15) is 0 Å². The number of hydrogen-bond acceptors (Lipinski definition) is 2. The van der Waals surface area contributed by atoms with Gasteiger partial charge in [0.1, 0.15) is 0 Å². The molecule has 0 saturated carbocycles. The maximum Gasteiger partial charge on any atom is 0.0676 e. The molecular formula is C14H15NS. The first-order chi connectivity index (χ1) is 7.81. The van der Waals surface area contributed by atoms with Crippen LogP contribution in [0.25, 0.3) is 0 Å². The summed E-state index contributed by atoms with van der Waals surface area (Å²) in [7, 11) is 0. The zero-order valence-corrected chi connectivity index (χ0v) is 9.96. The van der Waals surface area contributed by atoms with E-state index in [-0.39, 0.29) is 5.54 Å². The molecule has 3 rings (SSSR count). The Hall–Kier alpha value is -1.12. The highest BCUT2D eigenvalue weighted by atomic mass is 32.1. The predicted molar refractivity (Wildman–Crippen MR) is 68.7 cm³/mol. The molecule has 0 bridgehead atoms. The summed E-state index contributed by atoms with van der Waals surface area (Å²) >= 11 is 1.73. The van der Waals surface area contributed by atoms with Gasteiger partial charge in [-0.1, -0.05) is 24.3 Å². The van der Waals surface area contributed by atoms with Crippen LogP contribution in [0, 0.1) is 0 Å². The van der Waals surface area contributed by atoms with E-state index < -0.39 is 0 Å². The van der Waals surface area contributed by atoms with Gasteiger partial charge < -0.3 is 5.73 Å². The predicted octanol–water partition coefficient (Wildman–Crippen LogP) is 3.29. The molecule has 2 aromatic rings. The van der Waals surface area contributed by atoms with Crippen molar-refractivity contribution in [2.24, 2.45) is 5.73 Å². The van der Waals surface area contributed by atoms with E-state index in [1.54, 1.807) is 11.3 Å². The summed E-state index contributed by atoms with van der Waals surface area (Å²) in [5, 5.41) is 4.29. The van der Waals surface area contributed by atoms with Crippen molar-refractivity contribution in [3.05, 3.63) is 57.8 Å². The van der Waals surface area contributed by atoms with Crippen LogP contribution in [0.2, 0.25) is 0 Å². The minimum atomic E-state index is -0.255. The Labute approximate surface area is 99.9 Å². The van der Waals surface area contributed by atoms with Crippen molar-refractivity contribution in [1.82, 2.24) is 0 Å². The molecule has 0 aliphatic heterocycles. The van der Waals surface area contributed by atoms with Gasteiger partial charge in [0.2, 0.25) is 0 Å². The summed E-state index contributed by atoms with van der Waals surface area (Å²) < 4.78 is 0. The summed E-state index contributed by atoms with van der Waals surface area (Å²) in [6.45, 7) is 0. The Kier molecular flexibility index (Phi) is 2.34. The van der Waals surface area contributed by atoms with Gasteiger partial charge in [0.05, 0.1) is 5.54 Å². The topological polar surface area (TPSA) is 26.0 Å². The monoisotopic (exact) mass is 229 g/mol. The highest BCUT2D eigenvalue weighted by Gasteiger charge is 2.34. The number of thiophene rings is 1. The number of fused-ring (bicyclic) bond motifs is 1. The second kappa shape index (κ2) is 3.72. The van der Waals surface area contributed by atoms with Crippen molar-refractivity contribution in [3.8, 4) is 0 Å². The Morgan fingerprint density at radius 1 is 1.19 bits per heavy atom. The van der Waals surface area contributed by atoms with E-state index in [1.165, 1.54) is 29.5 Å². The molecule has 0 amide bonds. The van der Waals surface area contributed by atoms with Crippen molar-refractivity contribution < 1.29 is 0 Å². The van der Waals surface area contributed by atoms with Crippen LogP contribution in [-0.2, 0) is 12.0 Å². The van der Waals surface area contributed by atoms with Crippen molar-refractivity contribution in [3.63, 3.8) is 0 Å². The van der Waals surface area contributed by atoms with Crippen LogP contribution in [-0.4, -0.2) is 0 Å². The number of hydrogen-bond donors (Lipinski definition) is 1. The zero-order chi connectivity index (χ0) is 11.0. The number of aryl methyl sites for hydroxylation is 1. The van der Waals surface area contributed by atoms with Crippen LogP contribution in [0.15, 0.2) is 41.1 Å². The molecular weight excluding hydrogens is 214 g/mol. The molecule has 16 heavy (non-hydrogen) atoms. The first-order valence-corrected chi connectivity index (χ1v) is 6.65. The summed E-state index contributed by atoms with van der Waals surface area (Å²) in [5.41, 5.74) is 10.4. The van der Waals surface area contributed by atoms with E-state index in [4.69, 9.17) is 5.73 Å². The third kappa shape index (κ3) is 1.41.